The molecular weight excluding hydrogens is 429 g/mol. The summed E-state index contributed by atoms with van der Waals surface area (Å²) < 4.78 is 23.4. The van der Waals surface area contributed by atoms with Crippen molar-refractivity contribution in [1.82, 2.24) is 9.97 Å². The van der Waals surface area contributed by atoms with Crippen molar-refractivity contribution in [3.8, 4) is 11.5 Å². The number of imidazole rings is 1. The molecule has 3 N–H and O–H groups in total. The van der Waals surface area contributed by atoms with Crippen LogP contribution in [-0.4, -0.2) is 47.0 Å². The van der Waals surface area contributed by atoms with Gasteiger partial charge in [-0.3, -0.25) is 14.2 Å². The second kappa shape index (κ2) is 10.3. The lowest BCUT2D eigenvalue weighted by Crippen LogP contribution is -2.52. The highest BCUT2D eigenvalue weighted by molar-refractivity contribution is 7.30. The molecule has 3 aromatic rings. The molecule has 0 saturated carbocycles. The summed E-state index contributed by atoms with van der Waals surface area (Å²) in [7, 11) is 2.14. The number of H-pyrrole nitrogens is 1. The van der Waals surface area contributed by atoms with Crippen LogP contribution in [0.15, 0.2) is 61.1 Å². The van der Waals surface area contributed by atoms with Gasteiger partial charge in [-0.2, -0.15) is 0 Å². The van der Waals surface area contributed by atoms with E-state index in [1.807, 2.05) is 6.07 Å². The van der Waals surface area contributed by atoms with Gasteiger partial charge < -0.3 is 20.2 Å². The molecule has 0 aliphatic carbocycles. The molecule has 0 bridgehead atoms. The first-order chi connectivity index (χ1) is 15.5. The Balaban J connectivity index is 2.12. The van der Waals surface area contributed by atoms with Crippen molar-refractivity contribution in [2.24, 2.45) is 5.73 Å². The van der Waals surface area contributed by atoms with Gasteiger partial charge in [0.05, 0.1) is 32.3 Å². The third-order valence-corrected chi connectivity index (χ3v) is 6.11. The van der Waals surface area contributed by atoms with E-state index in [2.05, 4.69) is 9.97 Å². The van der Waals surface area contributed by atoms with E-state index in [1.165, 1.54) is 20.5 Å². The summed E-state index contributed by atoms with van der Waals surface area (Å²) in [6, 6.07) is 12.6. The molecule has 2 aromatic carbocycles. The monoisotopic (exact) mass is 453 g/mol. The molecule has 32 heavy (non-hydrogen) atoms. The largest absolute Gasteiger partial charge is 0.496 e. The molecule has 0 aliphatic rings. The van der Waals surface area contributed by atoms with Crippen LogP contribution in [0.5, 0.6) is 11.5 Å². The molecule has 2 atom stereocenters. The summed E-state index contributed by atoms with van der Waals surface area (Å²) in [5, 5.41) is -1.97. The fraction of sp³-hybridized carbons (Fsp3) is 0.261. The van der Waals surface area contributed by atoms with Gasteiger partial charge in [0.1, 0.15) is 17.1 Å². The van der Waals surface area contributed by atoms with Crippen molar-refractivity contribution < 1.29 is 23.6 Å². The van der Waals surface area contributed by atoms with E-state index in [9.17, 15) is 14.2 Å². The van der Waals surface area contributed by atoms with E-state index in [0.717, 1.165) is 0 Å². The first-order valence-corrected chi connectivity index (χ1v) is 10.7. The average molecular weight is 453 g/mol. The molecule has 0 spiro atoms. The number of benzene rings is 2. The van der Waals surface area contributed by atoms with Gasteiger partial charge in [-0.1, -0.05) is 36.4 Å². The number of hydrogen-bond acceptors (Lipinski definition) is 7. The van der Waals surface area contributed by atoms with E-state index < -0.39 is 31.2 Å². The molecule has 1 unspecified atom stereocenters. The first-order valence-electron chi connectivity index (χ1n) is 9.88. The number of nitrogens with zero attached hydrogens (tertiary/aromatic N) is 1. The molecule has 0 aliphatic heterocycles. The fourth-order valence-electron chi connectivity index (χ4n) is 3.60. The molecule has 166 valence electrons. The highest BCUT2D eigenvalue weighted by Crippen LogP contribution is 2.40. The molecule has 1 aromatic heterocycles. The molecule has 3 rings (SSSR count). The normalized spacial score (nSPS) is 13.8. The van der Waals surface area contributed by atoms with Crippen LogP contribution in [0.4, 0.5) is 0 Å². The van der Waals surface area contributed by atoms with Crippen LogP contribution in [-0.2, 0) is 22.2 Å². The van der Waals surface area contributed by atoms with Crippen LogP contribution in [0.25, 0.3) is 0 Å². The maximum Gasteiger partial charge on any atom is 0.195 e. The fourth-order valence-corrected chi connectivity index (χ4v) is 4.30. The number of aromatic nitrogens is 2. The molecule has 0 radical (unpaired) electrons. The quantitative estimate of drug-likeness (QED) is 0.260. The second-order valence-corrected chi connectivity index (χ2v) is 8.16. The smallest absolute Gasteiger partial charge is 0.195 e. The van der Waals surface area contributed by atoms with Crippen molar-refractivity contribution >= 4 is 20.0 Å². The van der Waals surface area contributed by atoms with Crippen LogP contribution in [0, 0.1) is 0 Å². The van der Waals surface area contributed by atoms with Gasteiger partial charge in [0, 0.05) is 19.0 Å². The molecule has 8 nitrogen and oxygen atoms in total. The third kappa shape index (κ3) is 4.61. The predicted octanol–water partition coefficient (Wildman–Crippen LogP) is 3.02. The van der Waals surface area contributed by atoms with Gasteiger partial charge in [-0.25, -0.2) is 4.98 Å². The number of hydrogen-bond donors (Lipinski definition) is 2. The van der Waals surface area contributed by atoms with Crippen molar-refractivity contribution in [3.05, 3.63) is 77.9 Å². The average Bonchev–Trinajstić information content (AvgIpc) is 3.34. The predicted molar refractivity (Wildman–Crippen MR) is 120 cm³/mol. The number of carbonyl (C=O) groups excluding carboxylic acids is 2. The zero-order chi connectivity index (χ0) is 23.1. The Morgan fingerprint density at radius 3 is 2.28 bits per heavy atom. The lowest BCUT2D eigenvalue weighted by atomic mass is 9.82. The number of carbonyl (C=O) groups is 2. The Morgan fingerprint density at radius 1 is 1.09 bits per heavy atom. The second-order valence-electron chi connectivity index (χ2n) is 7.22. The van der Waals surface area contributed by atoms with Crippen LogP contribution in [0.3, 0.4) is 0 Å². The lowest BCUT2D eigenvalue weighted by Gasteiger charge is -2.28. The van der Waals surface area contributed by atoms with Gasteiger partial charge in [0.2, 0.25) is 0 Å². The van der Waals surface area contributed by atoms with Crippen LogP contribution < -0.4 is 15.2 Å². The summed E-state index contributed by atoms with van der Waals surface area (Å²) in [6.07, 6.45) is 3.07. The minimum atomic E-state index is -1.97. The Morgan fingerprint density at radius 2 is 1.75 bits per heavy atom. The van der Waals surface area contributed by atoms with Crippen LogP contribution >= 0.6 is 8.46 Å². The Labute approximate surface area is 187 Å². The topological polar surface area (TPSA) is 124 Å². The SMILES string of the molecule is COc1cccc(OC)c1C(=O)C(Cc1ccccc1)(P=O)C(=O)[C@@H](N)Cc1c[nH]cn1. The van der Waals surface area contributed by atoms with Gasteiger partial charge in [0.15, 0.2) is 25.2 Å². The molecule has 0 amide bonds. The zero-order valence-electron chi connectivity index (χ0n) is 17.8. The lowest BCUT2D eigenvalue weighted by molar-refractivity contribution is -0.121. The van der Waals surface area contributed by atoms with Crippen molar-refractivity contribution in [1.29, 1.82) is 0 Å². The summed E-state index contributed by atoms with van der Waals surface area (Å²) in [6.45, 7) is 0. The maximum absolute atomic E-state index is 13.9. The van der Waals surface area contributed by atoms with Gasteiger partial charge in [-0.05, 0) is 17.7 Å². The van der Waals surface area contributed by atoms with Gasteiger partial charge in [-0.15, -0.1) is 0 Å². The summed E-state index contributed by atoms with van der Waals surface area (Å²) in [5.74, 6) is -0.915. The van der Waals surface area contributed by atoms with Gasteiger partial charge >= 0.3 is 0 Å². The molecular formula is C23H24N3O5P. The highest BCUT2D eigenvalue weighted by Gasteiger charge is 2.51. The van der Waals surface area contributed by atoms with E-state index >= 15 is 0 Å². The van der Waals surface area contributed by atoms with Crippen LogP contribution in [0.2, 0.25) is 0 Å². The van der Waals surface area contributed by atoms with E-state index in [-0.39, 0.29) is 29.9 Å². The molecule has 0 fully saturated rings. The maximum atomic E-state index is 13.9. The number of methoxy groups -OCH3 is 2. The minimum Gasteiger partial charge on any atom is -0.496 e. The number of aromatic amines is 1. The highest BCUT2D eigenvalue weighted by atomic mass is 31.1. The molecule has 0 saturated heterocycles. The Bertz CT molecular complexity index is 1070. The standard InChI is InChI=1S/C23H24N3O5P/c1-30-18-9-6-10-19(31-2)20(18)22(28)23(32-29,12-15-7-4-3-5-8-15)21(27)17(24)11-16-13-25-14-26-16/h3-10,13-14,17H,11-12,24H2,1-2H3,(H,25,26)/t17-,23?/m0/s1. The van der Waals surface area contributed by atoms with Crippen molar-refractivity contribution in [2.45, 2.75) is 24.0 Å². The summed E-state index contributed by atoms with van der Waals surface area (Å²) in [4.78, 5) is 34.5. The number of nitrogens with one attached hydrogen (secondary N) is 1. The van der Waals surface area contributed by atoms with E-state index in [4.69, 9.17) is 15.2 Å². The summed E-state index contributed by atoms with van der Waals surface area (Å²) >= 11 is 0. The number of Topliss-reactive ketones (excluding diaryl/α,β-unsaturated/α-hetero) is 2. The van der Waals surface area contributed by atoms with Crippen molar-refractivity contribution in [3.63, 3.8) is 0 Å². The third-order valence-electron chi connectivity index (χ3n) is 5.22. The molecule has 9 heteroatoms. The van der Waals surface area contributed by atoms with Crippen molar-refractivity contribution in [2.75, 3.05) is 14.2 Å². The number of rotatable bonds is 11. The Kier molecular flexibility index (Phi) is 7.51. The van der Waals surface area contributed by atoms with Crippen LogP contribution in [0.1, 0.15) is 21.6 Å². The number of ether oxygens (including phenoxy) is 2. The number of ketones is 2. The zero-order valence-corrected chi connectivity index (χ0v) is 18.7. The van der Waals surface area contributed by atoms with E-state index in [0.29, 0.717) is 11.3 Å². The first kappa shape index (κ1) is 23.3. The minimum absolute atomic E-state index is 0.0390. The molecule has 1 heterocycles. The Hall–Kier alpha value is -3.35. The summed E-state index contributed by atoms with van der Waals surface area (Å²) in [5.41, 5.74) is 7.48. The number of nitrogens with two attached hydrogens (primary N) is 1. The van der Waals surface area contributed by atoms with Gasteiger partial charge in [0.25, 0.3) is 0 Å². The van der Waals surface area contributed by atoms with E-state index in [1.54, 1.807) is 48.7 Å².